The average molecular weight is 201 g/mol. The molecule has 1 aromatic heterocycles. The number of aliphatic hydroxyl groups excluding tert-OH is 3. The second kappa shape index (κ2) is 5.11. The predicted molar refractivity (Wildman–Crippen MR) is 49.5 cm³/mol. The second-order valence-corrected chi connectivity index (χ2v) is 3.24. The number of nitrogens with one attached hydrogen (secondary N) is 1. The van der Waals surface area contributed by atoms with Crippen molar-refractivity contribution in [2.24, 2.45) is 0 Å². The molecule has 0 unspecified atom stereocenters. The number of aliphatic hydroxyl groups is 3. The van der Waals surface area contributed by atoms with E-state index in [1.54, 1.807) is 12.3 Å². The highest BCUT2D eigenvalue weighted by atomic mass is 16.3. The molecule has 0 aliphatic carbocycles. The van der Waals surface area contributed by atoms with Gasteiger partial charge in [-0.3, -0.25) is 0 Å². The van der Waals surface area contributed by atoms with Crippen molar-refractivity contribution in [2.45, 2.75) is 12.1 Å². The molecule has 0 saturated carbocycles. The fraction of sp³-hybridized carbons (Fsp3) is 0.556. The Hall–Kier alpha value is -0.880. The molecule has 1 rings (SSSR count). The summed E-state index contributed by atoms with van der Waals surface area (Å²) in [4.78, 5) is 0. The highest BCUT2D eigenvalue weighted by Gasteiger charge is 2.26. The van der Waals surface area contributed by atoms with Crippen molar-refractivity contribution in [1.29, 1.82) is 0 Å². The third kappa shape index (κ3) is 2.55. The smallest absolute Gasteiger partial charge is 0.0947 e. The van der Waals surface area contributed by atoms with Gasteiger partial charge in [-0.15, -0.1) is 0 Å². The van der Waals surface area contributed by atoms with E-state index in [0.717, 1.165) is 5.56 Å². The van der Waals surface area contributed by atoms with E-state index in [0.29, 0.717) is 6.54 Å². The van der Waals surface area contributed by atoms with Gasteiger partial charge in [-0.2, -0.15) is 0 Å². The van der Waals surface area contributed by atoms with Crippen LogP contribution < -0.4 is 5.32 Å². The van der Waals surface area contributed by atoms with Crippen molar-refractivity contribution in [2.75, 3.05) is 19.8 Å². The summed E-state index contributed by atoms with van der Waals surface area (Å²) in [5, 5.41) is 29.9. The first-order valence-electron chi connectivity index (χ1n) is 4.35. The van der Waals surface area contributed by atoms with E-state index in [1.807, 2.05) is 0 Å². The Morgan fingerprint density at radius 2 is 1.86 bits per heavy atom. The number of furan rings is 1. The van der Waals surface area contributed by atoms with E-state index in [4.69, 9.17) is 19.7 Å². The zero-order valence-electron chi connectivity index (χ0n) is 7.81. The van der Waals surface area contributed by atoms with E-state index >= 15 is 0 Å². The second-order valence-electron chi connectivity index (χ2n) is 3.24. The van der Waals surface area contributed by atoms with Gasteiger partial charge in [-0.1, -0.05) is 0 Å². The van der Waals surface area contributed by atoms with Gasteiger partial charge in [0.05, 0.1) is 37.9 Å². The normalized spacial score (nSPS) is 11.9. The van der Waals surface area contributed by atoms with Gasteiger partial charge in [0.25, 0.3) is 0 Å². The van der Waals surface area contributed by atoms with Crippen LogP contribution in [0.2, 0.25) is 0 Å². The molecule has 0 amide bonds. The van der Waals surface area contributed by atoms with Crippen molar-refractivity contribution in [3.63, 3.8) is 0 Å². The van der Waals surface area contributed by atoms with Gasteiger partial charge in [0.15, 0.2) is 0 Å². The molecule has 0 spiro atoms. The Balaban J connectivity index is 2.48. The molecule has 80 valence electrons. The zero-order valence-corrected chi connectivity index (χ0v) is 7.81. The van der Waals surface area contributed by atoms with Crippen molar-refractivity contribution >= 4 is 0 Å². The first kappa shape index (κ1) is 11.2. The molecule has 0 bridgehead atoms. The van der Waals surface area contributed by atoms with E-state index < -0.39 is 5.54 Å². The maximum Gasteiger partial charge on any atom is 0.0947 e. The Bertz CT molecular complexity index is 235. The van der Waals surface area contributed by atoms with Crippen LogP contribution in [0, 0.1) is 0 Å². The molecular formula is C9H15NO4. The molecule has 1 heterocycles. The van der Waals surface area contributed by atoms with Crippen molar-refractivity contribution in [3.05, 3.63) is 24.2 Å². The fourth-order valence-corrected chi connectivity index (χ4v) is 1.00. The standard InChI is InChI=1S/C9H15NO4/c11-5-9(6-12,7-13)10-3-8-1-2-14-4-8/h1-2,4,10-13H,3,5-7H2. The Morgan fingerprint density at radius 1 is 1.21 bits per heavy atom. The zero-order chi connectivity index (χ0) is 10.4. The van der Waals surface area contributed by atoms with Crippen LogP contribution in [0.1, 0.15) is 5.56 Å². The summed E-state index contributed by atoms with van der Waals surface area (Å²) in [5.74, 6) is 0. The number of hydrogen-bond acceptors (Lipinski definition) is 5. The highest BCUT2D eigenvalue weighted by molar-refractivity contribution is 5.05. The monoisotopic (exact) mass is 201 g/mol. The van der Waals surface area contributed by atoms with E-state index in [2.05, 4.69) is 5.32 Å². The van der Waals surface area contributed by atoms with Gasteiger partial charge in [0, 0.05) is 12.1 Å². The molecule has 5 heteroatoms. The summed E-state index contributed by atoms with van der Waals surface area (Å²) in [5.41, 5.74) is -0.137. The Morgan fingerprint density at radius 3 is 2.29 bits per heavy atom. The molecule has 0 radical (unpaired) electrons. The van der Waals surface area contributed by atoms with Crippen LogP contribution in [0.3, 0.4) is 0 Å². The topological polar surface area (TPSA) is 85.9 Å². The van der Waals surface area contributed by atoms with Crippen LogP contribution in [0.15, 0.2) is 23.0 Å². The van der Waals surface area contributed by atoms with Gasteiger partial charge in [0.1, 0.15) is 0 Å². The van der Waals surface area contributed by atoms with Crippen LogP contribution in [0.4, 0.5) is 0 Å². The summed E-state index contributed by atoms with van der Waals surface area (Å²) < 4.78 is 4.85. The van der Waals surface area contributed by atoms with Crippen LogP contribution in [-0.2, 0) is 6.54 Å². The molecule has 1 aromatic rings. The third-order valence-corrected chi connectivity index (χ3v) is 2.16. The Labute approximate surface area is 82.0 Å². The quantitative estimate of drug-likeness (QED) is 0.478. The molecule has 0 atom stereocenters. The lowest BCUT2D eigenvalue weighted by Crippen LogP contribution is -2.54. The third-order valence-electron chi connectivity index (χ3n) is 2.16. The van der Waals surface area contributed by atoms with Crippen molar-refractivity contribution < 1.29 is 19.7 Å². The van der Waals surface area contributed by atoms with E-state index in [9.17, 15) is 0 Å². The lowest BCUT2D eigenvalue weighted by atomic mass is 10.0. The van der Waals surface area contributed by atoms with Gasteiger partial charge in [0.2, 0.25) is 0 Å². The van der Waals surface area contributed by atoms with Crippen LogP contribution in [-0.4, -0.2) is 40.7 Å². The van der Waals surface area contributed by atoms with Gasteiger partial charge in [-0.25, -0.2) is 0 Å². The first-order chi connectivity index (χ1) is 6.76. The van der Waals surface area contributed by atoms with Crippen molar-refractivity contribution in [1.82, 2.24) is 5.32 Å². The van der Waals surface area contributed by atoms with Crippen LogP contribution in [0.5, 0.6) is 0 Å². The SMILES string of the molecule is OCC(CO)(CO)NCc1ccoc1. The minimum Gasteiger partial charge on any atom is -0.472 e. The van der Waals surface area contributed by atoms with Gasteiger partial charge < -0.3 is 25.1 Å². The lowest BCUT2D eigenvalue weighted by molar-refractivity contribution is 0.0413. The Kier molecular flexibility index (Phi) is 4.09. The van der Waals surface area contributed by atoms with Gasteiger partial charge >= 0.3 is 0 Å². The fourth-order valence-electron chi connectivity index (χ4n) is 1.00. The first-order valence-corrected chi connectivity index (χ1v) is 4.35. The molecular weight excluding hydrogens is 186 g/mol. The molecule has 14 heavy (non-hydrogen) atoms. The summed E-state index contributed by atoms with van der Waals surface area (Å²) in [6.07, 6.45) is 3.10. The average Bonchev–Trinajstić information content (AvgIpc) is 2.74. The highest BCUT2D eigenvalue weighted by Crippen LogP contribution is 2.05. The number of hydrogen-bond donors (Lipinski definition) is 4. The molecule has 4 N–H and O–H groups in total. The maximum atomic E-state index is 9.00. The predicted octanol–water partition coefficient (Wildman–Crippen LogP) is -0.915. The molecule has 0 aliphatic heterocycles. The van der Waals surface area contributed by atoms with Crippen LogP contribution in [0.25, 0.3) is 0 Å². The van der Waals surface area contributed by atoms with E-state index in [-0.39, 0.29) is 19.8 Å². The largest absolute Gasteiger partial charge is 0.472 e. The molecule has 0 fully saturated rings. The minimum atomic E-state index is -1.03. The van der Waals surface area contributed by atoms with Crippen molar-refractivity contribution in [3.8, 4) is 0 Å². The summed E-state index contributed by atoms with van der Waals surface area (Å²) >= 11 is 0. The summed E-state index contributed by atoms with van der Waals surface area (Å²) in [7, 11) is 0. The minimum absolute atomic E-state index is 0.322. The summed E-state index contributed by atoms with van der Waals surface area (Å²) in [6.45, 7) is -0.536. The van der Waals surface area contributed by atoms with Crippen LogP contribution >= 0.6 is 0 Å². The van der Waals surface area contributed by atoms with E-state index in [1.165, 1.54) is 6.26 Å². The molecule has 5 nitrogen and oxygen atoms in total. The number of rotatable bonds is 6. The van der Waals surface area contributed by atoms with Gasteiger partial charge in [-0.05, 0) is 6.07 Å². The molecule has 0 aliphatic rings. The molecule has 0 aromatic carbocycles. The molecule has 0 saturated heterocycles. The summed E-state index contributed by atoms with van der Waals surface area (Å²) in [6, 6.07) is 1.77. The lowest BCUT2D eigenvalue weighted by Gasteiger charge is -2.28. The maximum absolute atomic E-state index is 9.00.